The average molecular weight is 386 g/mol. The Labute approximate surface area is 151 Å². The van der Waals surface area contributed by atoms with E-state index in [1.807, 2.05) is 0 Å². The lowest BCUT2D eigenvalue weighted by molar-refractivity contribution is 0.251. The number of H-pyrrole nitrogens is 1. The van der Waals surface area contributed by atoms with Crippen molar-refractivity contribution < 1.29 is 13.2 Å². The zero-order valence-electron chi connectivity index (χ0n) is 13.9. The molecule has 0 spiro atoms. The molecular formula is C15H20ClN5O3S. The topological polar surface area (TPSA) is 107 Å². The molecule has 0 aliphatic heterocycles. The molecule has 0 unspecified atom stereocenters. The van der Waals surface area contributed by atoms with Crippen LogP contribution in [-0.2, 0) is 16.6 Å². The summed E-state index contributed by atoms with van der Waals surface area (Å²) in [6.45, 7) is 4.49. The molecule has 25 heavy (non-hydrogen) atoms. The van der Waals surface area contributed by atoms with E-state index >= 15 is 0 Å². The van der Waals surface area contributed by atoms with Crippen molar-refractivity contribution in [3.63, 3.8) is 0 Å². The van der Waals surface area contributed by atoms with Gasteiger partial charge in [-0.3, -0.25) is 5.10 Å². The minimum atomic E-state index is -3.63. The zero-order chi connectivity index (χ0) is 18.4. The van der Waals surface area contributed by atoms with Gasteiger partial charge in [0.15, 0.2) is 0 Å². The van der Waals surface area contributed by atoms with Gasteiger partial charge in [0.2, 0.25) is 10.0 Å². The highest BCUT2D eigenvalue weighted by Gasteiger charge is 2.22. The highest BCUT2D eigenvalue weighted by Crippen LogP contribution is 2.27. The first-order valence-corrected chi connectivity index (χ1v) is 9.53. The van der Waals surface area contributed by atoms with Gasteiger partial charge in [0.25, 0.3) is 0 Å². The Hall–Kier alpha value is -2.10. The second kappa shape index (κ2) is 8.32. The molecule has 2 rings (SSSR count). The number of halogens is 1. The summed E-state index contributed by atoms with van der Waals surface area (Å²) in [6.07, 6.45) is 1.58. The number of amides is 2. The van der Waals surface area contributed by atoms with E-state index in [-0.39, 0.29) is 22.2 Å². The lowest BCUT2D eigenvalue weighted by Crippen LogP contribution is -2.31. The number of carbonyl (C=O) groups excluding carboxylic acids is 1. The highest BCUT2D eigenvalue weighted by atomic mass is 35.5. The number of aromatic nitrogens is 2. The molecule has 1 heterocycles. The van der Waals surface area contributed by atoms with Gasteiger partial charge in [-0.15, -0.1) is 0 Å². The number of nitrogens with zero attached hydrogens (tertiary/aromatic N) is 2. The summed E-state index contributed by atoms with van der Waals surface area (Å²) in [5, 5.41) is 11.9. The predicted molar refractivity (Wildman–Crippen MR) is 96.0 cm³/mol. The molecule has 0 atom stereocenters. The quantitative estimate of drug-likeness (QED) is 0.680. The van der Waals surface area contributed by atoms with Crippen molar-refractivity contribution in [2.45, 2.75) is 25.3 Å². The monoisotopic (exact) mass is 385 g/mol. The van der Waals surface area contributed by atoms with Gasteiger partial charge >= 0.3 is 6.03 Å². The van der Waals surface area contributed by atoms with E-state index < -0.39 is 16.1 Å². The summed E-state index contributed by atoms with van der Waals surface area (Å²) >= 11 is 6.07. The molecule has 0 radical (unpaired) electrons. The van der Waals surface area contributed by atoms with E-state index in [1.54, 1.807) is 26.1 Å². The van der Waals surface area contributed by atoms with E-state index in [9.17, 15) is 13.2 Å². The summed E-state index contributed by atoms with van der Waals surface area (Å²) in [5.41, 5.74) is 0.955. The molecule has 8 nitrogen and oxygen atoms in total. The molecule has 0 saturated heterocycles. The number of sulfonamides is 1. The van der Waals surface area contributed by atoms with Gasteiger partial charge < -0.3 is 10.6 Å². The molecule has 2 aromatic rings. The van der Waals surface area contributed by atoms with Gasteiger partial charge in [0.1, 0.15) is 0 Å². The summed E-state index contributed by atoms with van der Waals surface area (Å²) < 4.78 is 26.5. The maximum atomic E-state index is 12.6. The van der Waals surface area contributed by atoms with E-state index in [1.165, 1.54) is 22.5 Å². The molecule has 10 heteroatoms. The zero-order valence-corrected chi connectivity index (χ0v) is 15.5. The molecule has 0 saturated carbocycles. The summed E-state index contributed by atoms with van der Waals surface area (Å²) in [7, 11) is -3.63. The molecule has 1 aromatic heterocycles. The number of aromatic amines is 1. The molecule has 0 aliphatic carbocycles. The molecule has 0 aliphatic rings. The van der Waals surface area contributed by atoms with Crippen LogP contribution in [0.2, 0.25) is 5.02 Å². The van der Waals surface area contributed by atoms with Crippen molar-refractivity contribution in [1.29, 1.82) is 0 Å². The standard InChI is InChI=1S/C15H20ClN5O3S/c1-3-21(4-2)25(23,24)12-5-6-13(16)14(9-12)19-15(22)17-10-11-7-8-18-20-11/h5-9H,3-4,10H2,1-2H3,(H,18,20)(H2,17,19,22). The fraction of sp³-hybridized carbons (Fsp3) is 0.333. The Morgan fingerprint density at radius 3 is 2.60 bits per heavy atom. The first-order chi connectivity index (χ1) is 11.9. The van der Waals surface area contributed by atoms with E-state index in [4.69, 9.17) is 11.6 Å². The molecule has 0 bridgehead atoms. The highest BCUT2D eigenvalue weighted by molar-refractivity contribution is 7.89. The molecule has 136 valence electrons. The van der Waals surface area contributed by atoms with Crippen molar-refractivity contribution >= 4 is 33.3 Å². The van der Waals surface area contributed by atoms with Crippen molar-refractivity contribution in [2.24, 2.45) is 0 Å². The number of carbonyl (C=O) groups is 1. The van der Waals surface area contributed by atoms with Crippen molar-refractivity contribution in [3.8, 4) is 0 Å². The normalized spacial score (nSPS) is 11.5. The minimum absolute atomic E-state index is 0.0736. The maximum absolute atomic E-state index is 12.6. The number of anilines is 1. The van der Waals surface area contributed by atoms with Crippen LogP contribution in [0, 0.1) is 0 Å². The number of hydrogen-bond donors (Lipinski definition) is 3. The Bertz CT molecular complexity index is 820. The van der Waals surface area contributed by atoms with E-state index in [2.05, 4.69) is 20.8 Å². The average Bonchev–Trinajstić information content (AvgIpc) is 3.09. The van der Waals surface area contributed by atoms with E-state index in [0.717, 1.165) is 5.69 Å². The second-order valence-electron chi connectivity index (χ2n) is 5.12. The third-order valence-electron chi connectivity index (χ3n) is 3.53. The van der Waals surface area contributed by atoms with Crippen LogP contribution in [-0.4, -0.2) is 42.0 Å². The number of benzene rings is 1. The molecule has 1 aromatic carbocycles. The first-order valence-electron chi connectivity index (χ1n) is 7.71. The van der Waals surface area contributed by atoms with Crippen LogP contribution in [0.3, 0.4) is 0 Å². The summed E-state index contributed by atoms with van der Waals surface area (Å²) in [4.78, 5) is 12.1. The van der Waals surface area contributed by atoms with Crippen molar-refractivity contribution in [1.82, 2.24) is 19.8 Å². The van der Waals surface area contributed by atoms with Crippen LogP contribution < -0.4 is 10.6 Å². The predicted octanol–water partition coefficient (Wildman–Crippen LogP) is 2.42. The van der Waals surface area contributed by atoms with Gasteiger partial charge in [-0.25, -0.2) is 13.2 Å². The van der Waals surface area contributed by atoms with Crippen molar-refractivity contribution in [3.05, 3.63) is 41.2 Å². The maximum Gasteiger partial charge on any atom is 0.319 e. The molecular weight excluding hydrogens is 366 g/mol. The van der Waals surface area contributed by atoms with Crippen LogP contribution in [0.5, 0.6) is 0 Å². The largest absolute Gasteiger partial charge is 0.332 e. The van der Waals surface area contributed by atoms with Gasteiger partial charge in [-0.1, -0.05) is 25.4 Å². The van der Waals surface area contributed by atoms with Crippen LogP contribution in [0.25, 0.3) is 0 Å². The first kappa shape index (κ1) is 19.2. The number of rotatable bonds is 7. The third kappa shape index (κ3) is 4.71. The lowest BCUT2D eigenvalue weighted by atomic mass is 10.3. The van der Waals surface area contributed by atoms with Crippen molar-refractivity contribution in [2.75, 3.05) is 18.4 Å². The van der Waals surface area contributed by atoms with Gasteiger partial charge in [-0.05, 0) is 24.3 Å². The number of urea groups is 1. The molecule has 0 fully saturated rings. The molecule has 3 N–H and O–H groups in total. The fourth-order valence-electron chi connectivity index (χ4n) is 2.20. The van der Waals surface area contributed by atoms with Gasteiger partial charge in [0, 0.05) is 19.3 Å². The second-order valence-corrected chi connectivity index (χ2v) is 7.47. The smallest absolute Gasteiger partial charge is 0.319 e. The van der Waals surface area contributed by atoms with E-state index in [0.29, 0.717) is 13.1 Å². The fourth-order valence-corrected chi connectivity index (χ4v) is 3.85. The van der Waals surface area contributed by atoms with Gasteiger partial charge in [-0.2, -0.15) is 9.40 Å². The Kier molecular flexibility index (Phi) is 6.40. The van der Waals surface area contributed by atoms with Crippen LogP contribution >= 0.6 is 11.6 Å². The number of nitrogens with one attached hydrogen (secondary N) is 3. The SMILES string of the molecule is CCN(CC)S(=O)(=O)c1ccc(Cl)c(NC(=O)NCc2ccn[nH]2)c1. The number of hydrogen-bond acceptors (Lipinski definition) is 4. The van der Waals surface area contributed by atoms with Crippen LogP contribution in [0.15, 0.2) is 35.4 Å². The lowest BCUT2D eigenvalue weighted by Gasteiger charge is -2.19. The Morgan fingerprint density at radius 2 is 2.00 bits per heavy atom. The van der Waals surface area contributed by atoms with Crippen LogP contribution in [0.4, 0.5) is 10.5 Å². The molecule has 2 amide bonds. The minimum Gasteiger partial charge on any atom is -0.332 e. The Morgan fingerprint density at radius 1 is 1.28 bits per heavy atom. The summed E-state index contributed by atoms with van der Waals surface area (Å²) in [6, 6.07) is 5.44. The van der Waals surface area contributed by atoms with Crippen LogP contribution in [0.1, 0.15) is 19.5 Å². The van der Waals surface area contributed by atoms with Gasteiger partial charge in [0.05, 0.1) is 27.8 Å². The summed E-state index contributed by atoms with van der Waals surface area (Å²) in [5.74, 6) is 0. The Balaban J connectivity index is 2.14. The third-order valence-corrected chi connectivity index (χ3v) is 5.90.